The predicted molar refractivity (Wildman–Crippen MR) is 120 cm³/mol. The van der Waals surface area contributed by atoms with Gasteiger partial charge in [-0.15, -0.1) is 11.3 Å². The summed E-state index contributed by atoms with van der Waals surface area (Å²) in [6.07, 6.45) is 2.93. The first kappa shape index (κ1) is 22.2. The van der Waals surface area contributed by atoms with Gasteiger partial charge in [0, 0.05) is 29.0 Å². The SMILES string of the molecule is Cc1ncc(CNC(=O)C(=O)c2c(Cl)c(C(=O)Nc3ccc(F)c(C)c3)c3n2CCC3)s1. The van der Waals surface area contributed by atoms with E-state index in [-0.39, 0.29) is 28.6 Å². The molecule has 0 bridgehead atoms. The van der Waals surface area contributed by atoms with Crippen LogP contribution in [0.5, 0.6) is 0 Å². The molecule has 2 amide bonds. The van der Waals surface area contributed by atoms with Gasteiger partial charge in [-0.05, 0) is 50.5 Å². The number of fused-ring (bicyclic) bond motifs is 1. The summed E-state index contributed by atoms with van der Waals surface area (Å²) in [7, 11) is 0. The maximum atomic E-state index is 13.5. The van der Waals surface area contributed by atoms with Crippen LogP contribution in [0.2, 0.25) is 5.02 Å². The number of nitrogens with one attached hydrogen (secondary N) is 2. The van der Waals surface area contributed by atoms with Crippen molar-refractivity contribution in [3.8, 4) is 0 Å². The number of aromatic nitrogens is 2. The van der Waals surface area contributed by atoms with Crippen LogP contribution in [0.1, 0.15) is 48.4 Å². The molecule has 0 atom stereocenters. The first-order chi connectivity index (χ1) is 15.3. The third kappa shape index (κ3) is 4.18. The summed E-state index contributed by atoms with van der Waals surface area (Å²) in [6.45, 7) is 4.11. The lowest BCUT2D eigenvalue weighted by molar-refractivity contribution is -0.117. The molecule has 3 aromatic rings. The molecule has 1 aromatic carbocycles. The highest BCUT2D eigenvalue weighted by Crippen LogP contribution is 2.34. The number of hydrogen-bond acceptors (Lipinski definition) is 5. The molecule has 7 nitrogen and oxygen atoms in total. The van der Waals surface area contributed by atoms with Crippen LogP contribution in [0.15, 0.2) is 24.4 Å². The Morgan fingerprint density at radius 1 is 1.28 bits per heavy atom. The number of carbonyl (C=O) groups is 3. The first-order valence-electron chi connectivity index (χ1n) is 9.98. The fraction of sp³-hybridized carbons (Fsp3) is 0.273. The van der Waals surface area contributed by atoms with E-state index in [2.05, 4.69) is 15.6 Å². The van der Waals surface area contributed by atoms with Crippen molar-refractivity contribution in [1.29, 1.82) is 0 Å². The molecule has 0 saturated heterocycles. The van der Waals surface area contributed by atoms with E-state index in [1.807, 2.05) is 6.92 Å². The summed E-state index contributed by atoms with van der Waals surface area (Å²) >= 11 is 7.90. The van der Waals surface area contributed by atoms with E-state index in [1.54, 1.807) is 17.7 Å². The van der Waals surface area contributed by atoms with Crippen molar-refractivity contribution in [2.45, 2.75) is 39.8 Å². The van der Waals surface area contributed by atoms with Crippen LogP contribution in [-0.4, -0.2) is 27.1 Å². The van der Waals surface area contributed by atoms with E-state index in [4.69, 9.17) is 11.6 Å². The fourth-order valence-corrected chi connectivity index (χ4v) is 4.87. The lowest BCUT2D eigenvalue weighted by Gasteiger charge is -2.07. The third-order valence-electron chi connectivity index (χ3n) is 5.26. The summed E-state index contributed by atoms with van der Waals surface area (Å²) in [4.78, 5) is 43.4. The largest absolute Gasteiger partial charge is 0.344 e. The van der Waals surface area contributed by atoms with Crippen LogP contribution in [0, 0.1) is 19.7 Å². The molecule has 166 valence electrons. The Morgan fingerprint density at radius 2 is 2.06 bits per heavy atom. The molecule has 0 spiro atoms. The van der Waals surface area contributed by atoms with Crippen molar-refractivity contribution in [3.05, 3.63) is 67.6 Å². The first-order valence-corrected chi connectivity index (χ1v) is 11.2. The Hall–Kier alpha value is -3.04. The van der Waals surface area contributed by atoms with Gasteiger partial charge in [0.25, 0.3) is 17.6 Å². The standard InChI is InChI=1S/C22H20ClFN4O3S/c1-11-8-13(5-6-15(11)24)27-21(30)17-16-4-3-7-28(16)19(18(17)23)20(29)22(31)26-10-14-9-25-12(2)32-14/h5-6,8-9H,3-4,7,10H2,1-2H3,(H,26,31)(H,27,30). The molecule has 0 fully saturated rings. The predicted octanol–water partition coefficient (Wildman–Crippen LogP) is 4.05. The number of anilines is 1. The second-order valence-corrected chi connectivity index (χ2v) is 9.21. The highest BCUT2D eigenvalue weighted by molar-refractivity contribution is 7.11. The topological polar surface area (TPSA) is 93.1 Å². The van der Waals surface area contributed by atoms with Crippen molar-refractivity contribution in [2.24, 2.45) is 0 Å². The number of halogens is 2. The van der Waals surface area contributed by atoms with Gasteiger partial charge in [-0.25, -0.2) is 9.37 Å². The number of benzene rings is 1. The molecule has 10 heteroatoms. The zero-order valence-corrected chi connectivity index (χ0v) is 19.0. The monoisotopic (exact) mass is 474 g/mol. The third-order valence-corrected chi connectivity index (χ3v) is 6.54. The van der Waals surface area contributed by atoms with Crippen LogP contribution in [0.4, 0.5) is 10.1 Å². The number of hydrogen-bond donors (Lipinski definition) is 2. The van der Waals surface area contributed by atoms with Gasteiger partial charge in [-0.3, -0.25) is 14.4 Å². The van der Waals surface area contributed by atoms with Crippen LogP contribution >= 0.6 is 22.9 Å². The van der Waals surface area contributed by atoms with E-state index in [9.17, 15) is 18.8 Å². The normalized spacial score (nSPS) is 12.5. The minimum absolute atomic E-state index is 0.0117. The maximum absolute atomic E-state index is 13.5. The lowest BCUT2D eigenvalue weighted by atomic mass is 10.1. The molecule has 3 heterocycles. The Bertz CT molecular complexity index is 1250. The Labute approximate surface area is 192 Å². The summed E-state index contributed by atoms with van der Waals surface area (Å²) in [5, 5.41) is 6.11. The maximum Gasteiger partial charge on any atom is 0.294 e. The van der Waals surface area contributed by atoms with Gasteiger partial charge in [-0.1, -0.05) is 11.6 Å². The zero-order valence-electron chi connectivity index (χ0n) is 17.4. The van der Waals surface area contributed by atoms with Gasteiger partial charge < -0.3 is 15.2 Å². The molecule has 2 aromatic heterocycles. The van der Waals surface area contributed by atoms with Gasteiger partial charge >= 0.3 is 0 Å². The quantitative estimate of drug-likeness (QED) is 0.416. The number of Topliss-reactive ketones (excluding diaryl/α,β-unsaturated/α-hetero) is 1. The number of amides is 2. The highest BCUT2D eigenvalue weighted by Gasteiger charge is 2.34. The molecule has 1 aliphatic heterocycles. The number of ketones is 1. The summed E-state index contributed by atoms with van der Waals surface area (Å²) < 4.78 is 15.2. The number of aryl methyl sites for hydroxylation is 2. The van der Waals surface area contributed by atoms with Crippen LogP contribution in [-0.2, 0) is 24.3 Å². The molecule has 0 unspecified atom stereocenters. The van der Waals surface area contributed by atoms with E-state index in [0.717, 1.165) is 16.3 Å². The molecule has 2 N–H and O–H groups in total. The van der Waals surface area contributed by atoms with Crippen LogP contribution in [0.3, 0.4) is 0 Å². The van der Waals surface area contributed by atoms with E-state index < -0.39 is 17.6 Å². The van der Waals surface area contributed by atoms with E-state index in [0.29, 0.717) is 29.9 Å². The number of nitrogens with zero attached hydrogens (tertiary/aromatic N) is 2. The molecule has 0 saturated carbocycles. The Kier molecular flexibility index (Phi) is 6.12. The van der Waals surface area contributed by atoms with Crippen molar-refractivity contribution in [1.82, 2.24) is 14.9 Å². The second-order valence-electron chi connectivity index (χ2n) is 7.51. The van der Waals surface area contributed by atoms with Gasteiger partial charge in [0.05, 0.1) is 22.1 Å². The average molecular weight is 475 g/mol. The average Bonchev–Trinajstić information content (AvgIpc) is 3.44. The van der Waals surface area contributed by atoms with Crippen molar-refractivity contribution < 1.29 is 18.8 Å². The van der Waals surface area contributed by atoms with Crippen LogP contribution in [0.25, 0.3) is 0 Å². The highest BCUT2D eigenvalue weighted by atomic mass is 35.5. The molecule has 0 radical (unpaired) electrons. The Balaban J connectivity index is 1.58. The molecular formula is C22H20ClFN4O3S. The fourth-order valence-electron chi connectivity index (χ4n) is 3.76. The summed E-state index contributed by atoms with van der Waals surface area (Å²) in [5.41, 5.74) is 1.59. The van der Waals surface area contributed by atoms with E-state index in [1.165, 1.54) is 29.5 Å². The molecule has 0 aliphatic carbocycles. The van der Waals surface area contributed by atoms with E-state index >= 15 is 0 Å². The molecular weight excluding hydrogens is 455 g/mol. The zero-order chi connectivity index (χ0) is 23.0. The Morgan fingerprint density at radius 3 is 2.75 bits per heavy atom. The van der Waals surface area contributed by atoms with Crippen molar-refractivity contribution in [3.63, 3.8) is 0 Å². The van der Waals surface area contributed by atoms with Crippen molar-refractivity contribution >= 4 is 46.2 Å². The molecule has 4 rings (SSSR count). The lowest BCUT2D eigenvalue weighted by Crippen LogP contribution is -2.31. The van der Waals surface area contributed by atoms with Gasteiger partial charge in [0.15, 0.2) is 0 Å². The number of thiazole rings is 1. The number of rotatable bonds is 6. The van der Waals surface area contributed by atoms with Crippen molar-refractivity contribution in [2.75, 3.05) is 5.32 Å². The van der Waals surface area contributed by atoms with Gasteiger partial charge in [-0.2, -0.15) is 0 Å². The second kappa shape index (κ2) is 8.84. The number of carbonyl (C=O) groups excluding carboxylic acids is 3. The minimum Gasteiger partial charge on any atom is -0.344 e. The molecule has 1 aliphatic rings. The molecule has 32 heavy (non-hydrogen) atoms. The summed E-state index contributed by atoms with van der Waals surface area (Å²) in [6, 6.07) is 4.23. The smallest absolute Gasteiger partial charge is 0.294 e. The van der Waals surface area contributed by atoms with Gasteiger partial charge in [0.2, 0.25) is 0 Å². The summed E-state index contributed by atoms with van der Waals surface area (Å²) in [5.74, 6) is -2.48. The van der Waals surface area contributed by atoms with Gasteiger partial charge in [0.1, 0.15) is 11.5 Å². The van der Waals surface area contributed by atoms with Crippen LogP contribution < -0.4 is 10.6 Å². The minimum atomic E-state index is -0.800.